The highest BCUT2D eigenvalue weighted by molar-refractivity contribution is 6.06. The molecule has 5 nitrogen and oxygen atoms in total. The normalized spacial score (nSPS) is 17.1. The largest absolute Gasteiger partial charge is 0.370 e. The van der Waals surface area contributed by atoms with E-state index in [4.69, 9.17) is 4.74 Å². The van der Waals surface area contributed by atoms with Crippen molar-refractivity contribution in [3.05, 3.63) is 82.3 Å². The first-order valence-electron chi connectivity index (χ1n) is 10.1. The molecule has 1 fully saturated rings. The molecule has 150 valence electrons. The Kier molecular flexibility index (Phi) is 5.49. The van der Waals surface area contributed by atoms with Gasteiger partial charge in [0.25, 0.3) is 11.5 Å². The Bertz CT molecular complexity index is 1070. The number of morpholine rings is 1. The number of carbonyl (C=O) groups excluding carboxylic acids is 1. The number of carbonyl (C=O) groups is 1. The predicted molar refractivity (Wildman–Crippen MR) is 114 cm³/mol. The van der Waals surface area contributed by atoms with Crippen molar-refractivity contribution in [2.45, 2.75) is 26.5 Å². The van der Waals surface area contributed by atoms with Crippen LogP contribution in [0.3, 0.4) is 0 Å². The van der Waals surface area contributed by atoms with Crippen LogP contribution < -0.4 is 5.56 Å². The van der Waals surface area contributed by atoms with E-state index in [1.54, 1.807) is 16.8 Å². The Morgan fingerprint density at radius 2 is 1.76 bits per heavy atom. The van der Waals surface area contributed by atoms with Crippen LogP contribution in [0.2, 0.25) is 0 Å². The van der Waals surface area contributed by atoms with Gasteiger partial charge in [0.15, 0.2) is 0 Å². The minimum atomic E-state index is -0.137. The summed E-state index contributed by atoms with van der Waals surface area (Å²) in [6.45, 7) is 6.25. The molecule has 2 heterocycles. The third-order valence-corrected chi connectivity index (χ3v) is 5.31. The molecule has 3 aromatic rings. The van der Waals surface area contributed by atoms with E-state index in [9.17, 15) is 9.59 Å². The number of pyridine rings is 1. The molecule has 1 aliphatic rings. The van der Waals surface area contributed by atoms with Crippen LogP contribution in [0.1, 0.15) is 35.9 Å². The van der Waals surface area contributed by atoms with E-state index in [2.05, 4.69) is 13.8 Å². The van der Waals surface area contributed by atoms with Crippen LogP contribution in [0.25, 0.3) is 10.8 Å². The first-order valence-corrected chi connectivity index (χ1v) is 10.1. The highest BCUT2D eigenvalue weighted by Gasteiger charge is 2.27. The number of aromatic nitrogens is 1. The maximum Gasteiger partial charge on any atom is 0.258 e. The van der Waals surface area contributed by atoms with Gasteiger partial charge in [-0.2, -0.15) is 0 Å². The summed E-state index contributed by atoms with van der Waals surface area (Å²) in [5, 5.41) is 1.30. The fraction of sp³-hybridized carbons (Fsp3) is 0.333. The van der Waals surface area contributed by atoms with Gasteiger partial charge >= 0.3 is 0 Å². The quantitative estimate of drug-likeness (QED) is 0.680. The minimum Gasteiger partial charge on any atom is -0.370 e. The molecule has 1 saturated heterocycles. The zero-order valence-corrected chi connectivity index (χ0v) is 16.9. The van der Waals surface area contributed by atoms with Gasteiger partial charge in [0.2, 0.25) is 0 Å². The Morgan fingerprint density at radius 1 is 1.07 bits per heavy atom. The van der Waals surface area contributed by atoms with Gasteiger partial charge in [-0.05, 0) is 17.5 Å². The highest BCUT2D eigenvalue weighted by Crippen LogP contribution is 2.25. The Morgan fingerprint density at radius 3 is 2.48 bits per heavy atom. The second-order valence-corrected chi connectivity index (χ2v) is 7.96. The molecule has 0 unspecified atom stereocenters. The van der Waals surface area contributed by atoms with Gasteiger partial charge in [0.1, 0.15) is 6.10 Å². The van der Waals surface area contributed by atoms with Crippen molar-refractivity contribution in [1.29, 1.82) is 0 Å². The molecular formula is C24H26N2O3. The standard InChI is InChI=1S/C24H26N2O3/c1-17(2)14-26-15-21(19-10-6-7-11-20(19)23(26)27)24(28)25-12-13-29-22(16-25)18-8-4-3-5-9-18/h3-11,15,17,22H,12-14,16H2,1-2H3/t22-/m0/s1. The molecule has 0 bridgehead atoms. The lowest BCUT2D eigenvalue weighted by molar-refractivity contribution is -0.0227. The molecule has 1 aromatic heterocycles. The third-order valence-electron chi connectivity index (χ3n) is 5.31. The molecule has 0 spiro atoms. The van der Waals surface area contributed by atoms with Crippen molar-refractivity contribution < 1.29 is 9.53 Å². The van der Waals surface area contributed by atoms with E-state index in [1.165, 1.54) is 0 Å². The first kappa shape index (κ1) is 19.4. The summed E-state index contributed by atoms with van der Waals surface area (Å²) < 4.78 is 7.59. The molecule has 1 amide bonds. The zero-order valence-electron chi connectivity index (χ0n) is 16.9. The monoisotopic (exact) mass is 390 g/mol. The average molecular weight is 390 g/mol. The molecular weight excluding hydrogens is 364 g/mol. The van der Waals surface area contributed by atoms with Gasteiger partial charge in [-0.3, -0.25) is 9.59 Å². The van der Waals surface area contributed by atoms with Gasteiger partial charge < -0.3 is 14.2 Å². The predicted octanol–water partition coefficient (Wildman–Crippen LogP) is 3.87. The molecule has 29 heavy (non-hydrogen) atoms. The zero-order chi connectivity index (χ0) is 20.4. The van der Waals surface area contributed by atoms with Gasteiger partial charge in [0, 0.05) is 30.1 Å². The minimum absolute atomic E-state index is 0.0463. The van der Waals surface area contributed by atoms with Crippen molar-refractivity contribution in [2.24, 2.45) is 5.92 Å². The summed E-state index contributed by atoms with van der Waals surface area (Å²) in [6.07, 6.45) is 1.60. The highest BCUT2D eigenvalue weighted by atomic mass is 16.5. The topological polar surface area (TPSA) is 51.5 Å². The second-order valence-electron chi connectivity index (χ2n) is 7.96. The van der Waals surface area contributed by atoms with E-state index < -0.39 is 0 Å². The number of hydrogen-bond acceptors (Lipinski definition) is 3. The van der Waals surface area contributed by atoms with Crippen LogP contribution in [0.5, 0.6) is 0 Å². The molecule has 4 rings (SSSR count). The number of hydrogen-bond donors (Lipinski definition) is 0. The van der Waals surface area contributed by atoms with Gasteiger partial charge in [0.05, 0.1) is 18.7 Å². The first-order chi connectivity index (χ1) is 14.0. The van der Waals surface area contributed by atoms with Crippen molar-refractivity contribution in [2.75, 3.05) is 19.7 Å². The Hall–Kier alpha value is -2.92. The smallest absolute Gasteiger partial charge is 0.258 e. The van der Waals surface area contributed by atoms with Crippen LogP contribution in [-0.2, 0) is 11.3 Å². The number of fused-ring (bicyclic) bond motifs is 1. The van der Waals surface area contributed by atoms with E-state index >= 15 is 0 Å². The molecule has 1 aliphatic heterocycles. The van der Waals surface area contributed by atoms with Crippen molar-refractivity contribution in [3.63, 3.8) is 0 Å². The summed E-state index contributed by atoms with van der Waals surface area (Å²) in [7, 11) is 0. The van der Waals surface area contributed by atoms with Crippen LogP contribution in [0, 0.1) is 5.92 Å². The van der Waals surface area contributed by atoms with Gasteiger partial charge in [-0.25, -0.2) is 0 Å². The molecule has 2 aromatic carbocycles. The van der Waals surface area contributed by atoms with Gasteiger partial charge in [-0.15, -0.1) is 0 Å². The number of nitrogens with zero attached hydrogens (tertiary/aromatic N) is 2. The van der Waals surface area contributed by atoms with E-state index in [1.807, 2.05) is 53.4 Å². The molecule has 0 saturated carbocycles. The number of ether oxygens (including phenoxy) is 1. The second kappa shape index (κ2) is 8.21. The lowest BCUT2D eigenvalue weighted by Gasteiger charge is -2.33. The van der Waals surface area contributed by atoms with E-state index in [-0.39, 0.29) is 17.6 Å². The lowest BCUT2D eigenvalue weighted by Crippen LogP contribution is -2.42. The molecule has 0 aliphatic carbocycles. The van der Waals surface area contributed by atoms with Crippen LogP contribution in [-0.4, -0.2) is 35.1 Å². The van der Waals surface area contributed by atoms with E-state index in [0.717, 1.165) is 5.56 Å². The van der Waals surface area contributed by atoms with E-state index in [0.29, 0.717) is 48.5 Å². The fourth-order valence-electron chi connectivity index (χ4n) is 3.92. The number of amides is 1. The summed E-state index contributed by atoms with van der Waals surface area (Å²) in [6, 6.07) is 17.4. The number of benzene rings is 2. The van der Waals surface area contributed by atoms with Crippen molar-refractivity contribution in [3.8, 4) is 0 Å². The maximum absolute atomic E-state index is 13.5. The average Bonchev–Trinajstić information content (AvgIpc) is 2.76. The van der Waals surface area contributed by atoms with Crippen LogP contribution in [0.4, 0.5) is 0 Å². The third kappa shape index (κ3) is 3.96. The Labute approximate surface area is 170 Å². The van der Waals surface area contributed by atoms with Crippen molar-refractivity contribution in [1.82, 2.24) is 9.47 Å². The molecule has 5 heteroatoms. The SMILES string of the molecule is CC(C)Cn1cc(C(=O)N2CCO[C@H](c3ccccc3)C2)c2ccccc2c1=O. The van der Waals surface area contributed by atoms with Gasteiger partial charge in [-0.1, -0.05) is 62.4 Å². The fourth-order valence-corrected chi connectivity index (χ4v) is 3.92. The van der Waals surface area contributed by atoms with Crippen LogP contribution in [0.15, 0.2) is 65.6 Å². The van der Waals surface area contributed by atoms with Crippen LogP contribution >= 0.6 is 0 Å². The summed E-state index contributed by atoms with van der Waals surface area (Å²) in [5.74, 6) is 0.255. The maximum atomic E-state index is 13.5. The molecule has 0 N–H and O–H groups in total. The van der Waals surface area contributed by atoms with Crippen molar-refractivity contribution >= 4 is 16.7 Å². The Balaban J connectivity index is 1.71. The lowest BCUT2D eigenvalue weighted by atomic mass is 10.0. The summed E-state index contributed by atoms with van der Waals surface area (Å²) >= 11 is 0. The summed E-state index contributed by atoms with van der Waals surface area (Å²) in [5.41, 5.74) is 1.60. The summed E-state index contributed by atoms with van der Waals surface area (Å²) in [4.78, 5) is 28.2. The molecule has 0 radical (unpaired) electrons. The number of rotatable bonds is 4. The molecule has 1 atom stereocenters.